The first-order valence-corrected chi connectivity index (χ1v) is 14.6. The molecule has 7 heteroatoms. The molecule has 40 heavy (non-hydrogen) atoms. The van der Waals surface area contributed by atoms with Crippen LogP contribution in [0.1, 0.15) is 81.5 Å². The van der Waals surface area contributed by atoms with Crippen LogP contribution in [0.25, 0.3) is 0 Å². The molecule has 1 aromatic rings. The van der Waals surface area contributed by atoms with Crippen molar-refractivity contribution in [1.82, 2.24) is 20.5 Å². The Bertz CT molecular complexity index is 1030. The monoisotopic (exact) mass is 546 g/mol. The van der Waals surface area contributed by atoms with E-state index in [9.17, 15) is 14.4 Å². The summed E-state index contributed by atoms with van der Waals surface area (Å²) >= 11 is 0. The first-order valence-electron chi connectivity index (χ1n) is 14.6. The number of hydrogen-bond acceptors (Lipinski definition) is 4. The Morgan fingerprint density at radius 1 is 0.900 bits per heavy atom. The molecule has 2 heterocycles. The predicted octanol–water partition coefficient (Wildman–Crippen LogP) is 5.84. The first kappa shape index (κ1) is 32.5. The van der Waals surface area contributed by atoms with E-state index in [1.165, 1.54) is 6.20 Å². The lowest BCUT2D eigenvalue weighted by atomic mass is 10.2. The molecule has 1 atom stereocenters. The number of hydrogen-bond donors (Lipinski definition) is 2. The Kier molecular flexibility index (Phi) is 17.2. The van der Waals surface area contributed by atoms with Gasteiger partial charge in [0, 0.05) is 38.4 Å². The summed E-state index contributed by atoms with van der Waals surface area (Å²) < 4.78 is 0. The van der Waals surface area contributed by atoms with E-state index in [0.717, 1.165) is 51.4 Å². The lowest BCUT2D eigenvalue weighted by Crippen LogP contribution is -2.47. The molecule has 1 aliphatic rings. The minimum atomic E-state index is -0.480. The molecular formula is C33H46N4O3. The summed E-state index contributed by atoms with van der Waals surface area (Å²) in [4.78, 5) is 43.0. The van der Waals surface area contributed by atoms with Crippen molar-refractivity contribution in [1.29, 1.82) is 0 Å². The molecule has 1 unspecified atom stereocenters. The van der Waals surface area contributed by atoms with E-state index >= 15 is 0 Å². The Hall–Kier alpha value is -3.74. The molecule has 216 valence electrons. The summed E-state index contributed by atoms with van der Waals surface area (Å²) in [6.45, 7) is 3.41. The Balaban J connectivity index is 1.48. The van der Waals surface area contributed by atoms with E-state index in [1.807, 2.05) is 0 Å². The molecule has 0 saturated carbocycles. The number of unbranched alkanes of at least 4 members (excludes halogenated alkanes) is 1. The van der Waals surface area contributed by atoms with Gasteiger partial charge in [-0.15, -0.1) is 0 Å². The van der Waals surface area contributed by atoms with Crippen LogP contribution in [0.2, 0.25) is 0 Å². The van der Waals surface area contributed by atoms with Gasteiger partial charge in [-0.2, -0.15) is 0 Å². The average molecular weight is 547 g/mol. The van der Waals surface area contributed by atoms with Crippen molar-refractivity contribution in [2.45, 2.75) is 77.2 Å². The van der Waals surface area contributed by atoms with Gasteiger partial charge in [-0.25, -0.2) is 0 Å². The van der Waals surface area contributed by atoms with Gasteiger partial charge in [0.05, 0.1) is 5.56 Å². The summed E-state index contributed by atoms with van der Waals surface area (Å²) in [5, 5.41) is 5.70. The molecular weight excluding hydrogens is 500 g/mol. The highest BCUT2D eigenvalue weighted by Crippen LogP contribution is 2.20. The summed E-state index contributed by atoms with van der Waals surface area (Å²) in [5.74, 6) is -0.371. The molecule has 1 aliphatic heterocycles. The van der Waals surface area contributed by atoms with Crippen LogP contribution in [0.5, 0.6) is 0 Å². The highest BCUT2D eigenvalue weighted by Gasteiger charge is 2.34. The summed E-state index contributed by atoms with van der Waals surface area (Å²) in [7, 11) is 0. The van der Waals surface area contributed by atoms with E-state index in [4.69, 9.17) is 0 Å². The normalized spacial score (nSPS) is 15.8. The van der Waals surface area contributed by atoms with Crippen LogP contribution >= 0.6 is 0 Å². The minimum absolute atomic E-state index is 0.0177. The molecule has 7 nitrogen and oxygen atoms in total. The highest BCUT2D eigenvalue weighted by molar-refractivity contribution is 5.97. The van der Waals surface area contributed by atoms with Crippen molar-refractivity contribution in [3.05, 3.63) is 90.9 Å². The van der Waals surface area contributed by atoms with Crippen molar-refractivity contribution < 1.29 is 14.4 Å². The van der Waals surface area contributed by atoms with Gasteiger partial charge < -0.3 is 15.5 Å². The van der Waals surface area contributed by atoms with Gasteiger partial charge in [-0.3, -0.25) is 19.4 Å². The summed E-state index contributed by atoms with van der Waals surface area (Å²) in [6, 6.07) is 2.94. The number of rotatable bonds is 18. The van der Waals surface area contributed by atoms with E-state index in [0.29, 0.717) is 38.0 Å². The third-order valence-electron chi connectivity index (χ3n) is 6.40. The van der Waals surface area contributed by atoms with Gasteiger partial charge in [-0.05, 0) is 69.9 Å². The Morgan fingerprint density at radius 3 is 2.15 bits per heavy atom. The number of aromatic nitrogens is 1. The number of nitrogens with one attached hydrogen (secondary N) is 2. The fraction of sp³-hybridized carbons (Fsp3) is 0.455. The van der Waals surface area contributed by atoms with E-state index in [2.05, 4.69) is 83.3 Å². The quantitative estimate of drug-likeness (QED) is 0.179. The number of carbonyl (C=O) groups excluding carboxylic acids is 3. The zero-order valence-corrected chi connectivity index (χ0v) is 24.0. The lowest BCUT2D eigenvalue weighted by Gasteiger charge is -2.24. The molecule has 0 spiro atoms. The maximum Gasteiger partial charge on any atom is 0.256 e. The fourth-order valence-electron chi connectivity index (χ4n) is 4.28. The molecule has 3 amide bonds. The zero-order chi connectivity index (χ0) is 28.7. The van der Waals surface area contributed by atoms with Gasteiger partial charge >= 0.3 is 0 Å². The molecule has 2 rings (SSSR count). The molecule has 0 bridgehead atoms. The van der Waals surface area contributed by atoms with Crippen molar-refractivity contribution >= 4 is 17.7 Å². The van der Waals surface area contributed by atoms with Crippen molar-refractivity contribution in [2.24, 2.45) is 0 Å². The Labute approximate surface area is 240 Å². The van der Waals surface area contributed by atoms with Crippen LogP contribution in [-0.4, -0.2) is 53.3 Å². The molecule has 0 aromatic carbocycles. The molecule has 2 N–H and O–H groups in total. The zero-order valence-electron chi connectivity index (χ0n) is 24.0. The van der Waals surface area contributed by atoms with Crippen LogP contribution in [-0.2, 0) is 9.59 Å². The third kappa shape index (κ3) is 13.9. The van der Waals surface area contributed by atoms with Crippen LogP contribution in [0.3, 0.4) is 0 Å². The van der Waals surface area contributed by atoms with Gasteiger partial charge in [0.1, 0.15) is 6.04 Å². The number of allylic oxidation sites excluding steroid dienone is 10. The van der Waals surface area contributed by atoms with Crippen molar-refractivity contribution in [2.75, 3.05) is 19.6 Å². The minimum Gasteiger partial charge on any atom is -0.354 e. The van der Waals surface area contributed by atoms with Gasteiger partial charge in [0.2, 0.25) is 11.8 Å². The predicted molar refractivity (Wildman–Crippen MR) is 163 cm³/mol. The second-order valence-corrected chi connectivity index (χ2v) is 9.64. The number of carbonyl (C=O) groups is 3. The largest absolute Gasteiger partial charge is 0.354 e. The molecule has 1 fully saturated rings. The molecule has 1 saturated heterocycles. The third-order valence-corrected chi connectivity index (χ3v) is 6.40. The molecule has 0 radical (unpaired) electrons. The smallest absolute Gasteiger partial charge is 0.256 e. The van der Waals surface area contributed by atoms with E-state index < -0.39 is 6.04 Å². The average Bonchev–Trinajstić information content (AvgIpc) is 3.47. The van der Waals surface area contributed by atoms with Crippen LogP contribution in [0.15, 0.2) is 85.3 Å². The standard InChI is InChI=1S/C33H46N4O3/c1-2-3-4-5-6-7-8-9-10-11-12-13-14-15-16-17-18-23-31(38)35-25-26-36-32(39)30-22-20-27-37(30)33(40)29-21-19-24-34-28-29/h3-4,6-7,9-10,12-13,15-16,19,21,24,28,30H,2,5,8,11,14,17-18,20,22-23,25-27H2,1H3,(H,35,38)(H,36,39)/b4-3-,7-6-,10-9-,13-12-,16-15-. The van der Waals surface area contributed by atoms with E-state index in [-0.39, 0.29) is 17.7 Å². The SMILES string of the molecule is CC/C=C\C/C=C\C/C=C\C/C=C\C/C=C\CCCC(=O)NCCNC(=O)C1CCCN1C(=O)c1cccnc1. The lowest BCUT2D eigenvalue weighted by molar-refractivity contribution is -0.125. The van der Waals surface area contributed by atoms with Crippen LogP contribution in [0.4, 0.5) is 0 Å². The maximum absolute atomic E-state index is 12.7. The summed E-state index contributed by atoms with van der Waals surface area (Å²) in [6.07, 6.45) is 33.3. The number of nitrogens with zero attached hydrogens (tertiary/aromatic N) is 2. The molecule has 1 aromatic heterocycles. The van der Waals surface area contributed by atoms with Gasteiger partial charge in [0.15, 0.2) is 0 Å². The second-order valence-electron chi connectivity index (χ2n) is 9.64. The topological polar surface area (TPSA) is 91.4 Å². The van der Waals surface area contributed by atoms with Crippen LogP contribution < -0.4 is 10.6 Å². The number of likely N-dealkylation sites (tertiary alicyclic amines) is 1. The first-order chi connectivity index (χ1) is 19.6. The maximum atomic E-state index is 12.7. The van der Waals surface area contributed by atoms with Crippen molar-refractivity contribution in [3.8, 4) is 0 Å². The highest BCUT2D eigenvalue weighted by atomic mass is 16.2. The van der Waals surface area contributed by atoms with Gasteiger partial charge in [-0.1, -0.05) is 67.7 Å². The van der Waals surface area contributed by atoms with Crippen LogP contribution in [0, 0.1) is 0 Å². The Morgan fingerprint density at radius 2 is 1.52 bits per heavy atom. The van der Waals surface area contributed by atoms with Gasteiger partial charge in [0.25, 0.3) is 5.91 Å². The summed E-state index contributed by atoms with van der Waals surface area (Å²) in [5.41, 5.74) is 0.485. The number of amides is 3. The second kappa shape index (κ2) is 21.1. The van der Waals surface area contributed by atoms with E-state index in [1.54, 1.807) is 23.2 Å². The number of pyridine rings is 1. The van der Waals surface area contributed by atoms with Crippen molar-refractivity contribution in [3.63, 3.8) is 0 Å². The molecule has 0 aliphatic carbocycles. The fourth-order valence-corrected chi connectivity index (χ4v) is 4.28.